The van der Waals surface area contributed by atoms with Gasteiger partial charge in [0.05, 0.1) is 0 Å². The summed E-state index contributed by atoms with van der Waals surface area (Å²) in [4.78, 5) is 15.3. The summed E-state index contributed by atoms with van der Waals surface area (Å²) < 4.78 is 0. The maximum atomic E-state index is 11.3. The number of nitrogens with zero attached hydrogens (tertiary/aromatic N) is 1. The Morgan fingerprint density at radius 2 is 1.93 bits per heavy atom. The third-order valence-electron chi connectivity index (χ3n) is 2.31. The standard InChI is InChI=1S/C13H15NO/c1-9-7-5-6-8-12(9)10(2)13(14-4)11(3)15/h5-8H,2H2,1,3-4H3. The summed E-state index contributed by atoms with van der Waals surface area (Å²) in [5.41, 5.74) is 3.23. The van der Waals surface area contributed by atoms with Crippen molar-refractivity contribution in [3.05, 3.63) is 42.0 Å². The topological polar surface area (TPSA) is 29.4 Å². The first-order valence-electron chi connectivity index (χ1n) is 4.81. The summed E-state index contributed by atoms with van der Waals surface area (Å²) in [6, 6.07) is 7.84. The molecule has 1 aromatic rings. The smallest absolute Gasteiger partial charge is 0.178 e. The molecule has 0 amide bonds. The van der Waals surface area contributed by atoms with Crippen LogP contribution in [-0.2, 0) is 4.79 Å². The van der Waals surface area contributed by atoms with Crippen molar-refractivity contribution in [2.45, 2.75) is 13.8 Å². The Balaban J connectivity index is 3.16. The number of benzene rings is 1. The first kappa shape index (κ1) is 11.4. The average molecular weight is 201 g/mol. The number of hydrogen-bond acceptors (Lipinski definition) is 2. The zero-order chi connectivity index (χ0) is 11.4. The second-order valence-electron chi connectivity index (χ2n) is 3.42. The van der Waals surface area contributed by atoms with E-state index in [9.17, 15) is 4.79 Å². The third-order valence-corrected chi connectivity index (χ3v) is 2.31. The highest BCUT2D eigenvalue weighted by atomic mass is 16.1. The highest BCUT2D eigenvalue weighted by Gasteiger charge is 2.12. The highest BCUT2D eigenvalue weighted by molar-refractivity contribution is 6.55. The van der Waals surface area contributed by atoms with Gasteiger partial charge in [-0.05, 0) is 18.1 Å². The van der Waals surface area contributed by atoms with Crippen LogP contribution in [0.1, 0.15) is 18.1 Å². The molecule has 0 aromatic heterocycles. The molecule has 0 aliphatic rings. The molecule has 0 fully saturated rings. The molecule has 0 aliphatic heterocycles. The van der Waals surface area contributed by atoms with Crippen LogP contribution in [0.2, 0.25) is 0 Å². The Morgan fingerprint density at radius 3 is 2.40 bits per heavy atom. The molecule has 0 saturated carbocycles. The minimum Gasteiger partial charge on any atom is -0.293 e. The maximum Gasteiger partial charge on any atom is 0.178 e. The van der Waals surface area contributed by atoms with Gasteiger partial charge in [0.25, 0.3) is 0 Å². The van der Waals surface area contributed by atoms with Crippen molar-refractivity contribution in [3.63, 3.8) is 0 Å². The van der Waals surface area contributed by atoms with Gasteiger partial charge >= 0.3 is 0 Å². The molecular formula is C13H15NO. The molecule has 2 heteroatoms. The lowest BCUT2D eigenvalue weighted by molar-refractivity contribution is -0.110. The molecule has 0 N–H and O–H groups in total. The lowest BCUT2D eigenvalue weighted by atomic mass is 9.96. The first-order valence-corrected chi connectivity index (χ1v) is 4.81. The van der Waals surface area contributed by atoms with Gasteiger partial charge in [-0.25, -0.2) is 0 Å². The number of ketones is 1. The van der Waals surface area contributed by atoms with Crippen molar-refractivity contribution >= 4 is 17.1 Å². The van der Waals surface area contributed by atoms with Gasteiger partial charge in [0.2, 0.25) is 0 Å². The van der Waals surface area contributed by atoms with Crippen LogP contribution < -0.4 is 0 Å². The zero-order valence-electron chi connectivity index (χ0n) is 9.37. The van der Waals surface area contributed by atoms with E-state index in [4.69, 9.17) is 0 Å². The normalized spacial score (nSPS) is 11.3. The summed E-state index contributed by atoms with van der Waals surface area (Å²) in [7, 11) is 1.61. The Labute approximate surface area is 90.4 Å². The number of aliphatic imine (C=N–C) groups is 1. The molecule has 78 valence electrons. The number of aryl methyl sites for hydroxylation is 1. The van der Waals surface area contributed by atoms with E-state index in [1.54, 1.807) is 7.05 Å². The van der Waals surface area contributed by atoms with E-state index in [1.165, 1.54) is 6.92 Å². The lowest BCUT2D eigenvalue weighted by Crippen LogP contribution is -2.12. The molecule has 2 nitrogen and oxygen atoms in total. The van der Waals surface area contributed by atoms with Crippen LogP contribution in [0.4, 0.5) is 0 Å². The molecule has 15 heavy (non-hydrogen) atoms. The Morgan fingerprint density at radius 1 is 1.33 bits per heavy atom. The van der Waals surface area contributed by atoms with Crippen molar-refractivity contribution in [2.24, 2.45) is 4.99 Å². The minimum absolute atomic E-state index is 0.0502. The van der Waals surface area contributed by atoms with Crippen LogP contribution in [0.15, 0.2) is 35.8 Å². The molecule has 0 atom stereocenters. The Bertz CT molecular complexity index is 430. The molecule has 0 radical (unpaired) electrons. The van der Waals surface area contributed by atoms with Gasteiger partial charge in [0.15, 0.2) is 5.78 Å². The Hall–Kier alpha value is -1.70. The van der Waals surface area contributed by atoms with Crippen molar-refractivity contribution in [1.82, 2.24) is 0 Å². The second kappa shape index (κ2) is 4.69. The molecule has 0 spiro atoms. The fraction of sp³-hybridized carbons (Fsp3) is 0.231. The summed E-state index contributed by atoms with van der Waals surface area (Å²) in [6.45, 7) is 7.43. The number of Topliss-reactive ketones (excluding diaryl/α,β-unsaturated/α-hetero) is 1. The van der Waals surface area contributed by atoms with Crippen LogP contribution in [0, 0.1) is 6.92 Å². The third kappa shape index (κ3) is 2.40. The average Bonchev–Trinajstić information content (AvgIpc) is 2.18. The van der Waals surface area contributed by atoms with E-state index in [1.807, 2.05) is 31.2 Å². The van der Waals surface area contributed by atoms with E-state index >= 15 is 0 Å². The van der Waals surface area contributed by atoms with Gasteiger partial charge in [0.1, 0.15) is 5.71 Å². The van der Waals surface area contributed by atoms with E-state index < -0.39 is 0 Å². The molecule has 0 bridgehead atoms. The molecule has 0 saturated heterocycles. The van der Waals surface area contributed by atoms with Crippen molar-refractivity contribution in [2.75, 3.05) is 7.05 Å². The van der Waals surface area contributed by atoms with Gasteiger partial charge in [-0.1, -0.05) is 30.8 Å². The van der Waals surface area contributed by atoms with E-state index in [2.05, 4.69) is 11.6 Å². The lowest BCUT2D eigenvalue weighted by Gasteiger charge is -2.09. The molecule has 0 heterocycles. The fourth-order valence-corrected chi connectivity index (χ4v) is 1.54. The molecular weight excluding hydrogens is 186 g/mol. The van der Waals surface area contributed by atoms with Gasteiger partial charge in [-0.3, -0.25) is 9.79 Å². The highest BCUT2D eigenvalue weighted by Crippen LogP contribution is 2.18. The maximum absolute atomic E-state index is 11.3. The summed E-state index contributed by atoms with van der Waals surface area (Å²) in [6.07, 6.45) is 0. The fourth-order valence-electron chi connectivity index (χ4n) is 1.54. The van der Waals surface area contributed by atoms with Gasteiger partial charge in [0, 0.05) is 19.5 Å². The molecule has 0 aliphatic carbocycles. The predicted molar refractivity (Wildman–Crippen MR) is 64.3 cm³/mol. The van der Waals surface area contributed by atoms with E-state index in [0.717, 1.165) is 11.1 Å². The summed E-state index contributed by atoms with van der Waals surface area (Å²) in [5, 5.41) is 0. The van der Waals surface area contributed by atoms with Crippen LogP contribution in [-0.4, -0.2) is 18.5 Å². The van der Waals surface area contributed by atoms with Crippen molar-refractivity contribution in [3.8, 4) is 0 Å². The number of allylic oxidation sites excluding steroid dienone is 1. The molecule has 0 unspecified atom stereocenters. The number of carbonyl (C=O) groups excluding carboxylic acids is 1. The number of hydrogen-bond donors (Lipinski definition) is 0. The zero-order valence-corrected chi connectivity index (χ0v) is 9.37. The quantitative estimate of drug-likeness (QED) is 0.691. The van der Waals surface area contributed by atoms with Crippen molar-refractivity contribution < 1.29 is 4.79 Å². The summed E-state index contributed by atoms with van der Waals surface area (Å²) in [5.74, 6) is -0.0502. The Kier molecular flexibility index (Phi) is 3.56. The number of carbonyl (C=O) groups is 1. The number of rotatable bonds is 3. The van der Waals surface area contributed by atoms with Crippen LogP contribution >= 0.6 is 0 Å². The SMILES string of the molecule is C=C(C(=NC)C(C)=O)c1ccccc1C. The minimum atomic E-state index is -0.0502. The summed E-state index contributed by atoms with van der Waals surface area (Å²) >= 11 is 0. The second-order valence-corrected chi connectivity index (χ2v) is 3.42. The van der Waals surface area contributed by atoms with Crippen LogP contribution in [0.5, 0.6) is 0 Å². The first-order chi connectivity index (χ1) is 7.07. The van der Waals surface area contributed by atoms with Gasteiger partial charge in [-0.2, -0.15) is 0 Å². The molecule has 1 rings (SSSR count). The van der Waals surface area contributed by atoms with Crippen molar-refractivity contribution in [1.29, 1.82) is 0 Å². The largest absolute Gasteiger partial charge is 0.293 e. The predicted octanol–water partition coefficient (Wildman–Crippen LogP) is 2.67. The van der Waals surface area contributed by atoms with Gasteiger partial charge in [-0.15, -0.1) is 0 Å². The van der Waals surface area contributed by atoms with E-state index in [-0.39, 0.29) is 5.78 Å². The van der Waals surface area contributed by atoms with Gasteiger partial charge < -0.3 is 0 Å². The monoisotopic (exact) mass is 201 g/mol. The van der Waals surface area contributed by atoms with E-state index in [0.29, 0.717) is 11.3 Å². The van der Waals surface area contributed by atoms with Crippen LogP contribution in [0.3, 0.4) is 0 Å². The molecule has 1 aromatic carbocycles. The van der Waals surface area contributed by atoms with Crippen LogP contribution in [0.25, 0.3) is 5.57 Å².